The van der Waals surface area contributed by atoms with Crippen LogP contribution in [0.4, 0.5) is 0 Å². The topological polar surface area (TPSA) is 66.9 Å². The Labute approximate surface area is 188 Å². The van der Waals surface area contributed by atoms with Crippen molar-refractivity contribution in [3.8, 4) is 5.75 Å². The maximum Gasteiger partial charge on any atom is 0.264 e. The van der Waals surface area contributed by atoms with E-state index in [1.807, 2.05) is 11.4 Å². The van der Waals surface area contributed by atoms with E-state index in [9.17, 15) is 13.2 Å². The van der Waals surface area contributed by atoms with Gasteiger partial charge in [-0.1, -0.05) is 17.7 Å². The summed E-state index contributed by atoms with van der Waals surface area (Å²) in [6, 6.07) is 12.3. The Morgan fingerprint density at radius 1 is 1.07 bits per heavy atom. The van der Waals surface area contributed by atoms with Gasteiger partial charge in [-0.15, -0.1) is 22.7 Å². The average molecular weight is 483 g/mol. The molecule has 10 heteroatoms. The van der Waals surface area contributed by atoms with Crippen LogP contribution in [0.1, 0.15) is 15.2 Å². The lowest BCUT2D eigenvalue weighted by Crippen LogP contribution is -2.50. The number of nitrogens with zero attached hydrogens (tertiary/aromatic N) is 2. The Morgan fingerprint density at radius 2 is 1.80 bits per heavy atom. The molecule has 3 aromatic rings. The number of carbonyl (C=O) groups excluding carboxylic acids is 1. The second-order valence-corrected chi connectivity index (χ2v) is 11.2. The zero-order chi connectivity index (χ0) is 21.1. The lowest BCUT2D eigenvalue weighted by atomic mass is 10.3. The summed E-state index contributed by atoms with van der Waals surface area (Å²) >= 11 is 8.45. The van der Waals surface area contributed by atoms with Crippen molar-refractivity contribution in [3.05, 3.63) is 68.7 Å². The molecule has 0 N–H and O–H groups in total. The Morgan fingerprint density at radius 3 is 2.47 bits per heavy atom. The molecule has 0 unspecified atom stereocenters. The number of benzene rings is 1. The highest BCUT2D eigenvalue weighted by atomic mass is 35.5. The third-order valence-electron chi connectivity index (χ3n) is 4.70. The van der Waals surface area contributed by atoms with E-state index in [4.69, 9.17) is 16.3 Å². The molecule has 3 heterocycles. The first kappa shape index (κ1) is 21.3. The molecule has 1 aliphatic rings. The van der Waals surface area contributed by atoms with Gasteiger partial charge in [-0.05, 0) is 47.2 Å². The van der Waals surface area contributed by atoms with Crippen LogP contribution in [0, 0.1) is 0 Å². The third kappa shape index (κ3) is 4.70. The van der Waals surface area contributed by atoms with Crippen LogP contribution in [0.5, 0.6) is 5.75 Å². The molecule has 1 saturated heterocycles. The summed E-state index contributed by atoms with van der Waals surface area (Å²) < 4.78 is 32.7. The summed E-state index contributed by atoms with van der Waals surface area (Å²) in [6.45, 7) is 1.70. The summed E-state index contributed by atoms with van der Waals surface area (Å²) in [7, 11) is -3.47. The fourth-order valence-corrected chi connectivity index (χ4v) is 6.64. The number of ether oxygens (including phenoxy) is 1. The van der Waals surface area contributed by atoms with Crippen molar-refractivity contribution in [2.45, 2.75) is 10.8 Å². The minimum atomic E-state index is -3.47. The van der Waals surface area contributed by atoms with Crippen LogP contribution in [0.3, 0.4) is 0 Å². The molecule has 30 heavy (non-hydrogen) atoms. The van der Waals surface area contributed by atoms with E-state index in [1.54, 1.807) is 46.7 Å². The fraction of sp³-hybridized carbons (Fsp3) is 0.250. The molecule has 0 saturated carbocycles. The summed E-state index contributed by atoms with van der Waals surface area (Å²) in [5.74, 6) is 0.632. The fourth-order valence-electron chi connectivity index (χ4n) is 3.09. The van der Waals surface area contributed by atoms with Crippen molar-refractivity contribution in [3.63, 3.8) is 0 Å². The minimum Gasteiger partial charge on any atom is -0.489 e. The van der Waals surface area contributed by atoms with Crippen molar-refractivity contribution < 1.29 is 17.9 Å². The first-order chi connectivity index (χ1) is 14.4. The molecule has 1 fully saturated rings. The van der Waals surface area contributed by atoms with Crippen molar-refractivity contribution >= 4 is 50.2 Å². The maximum atomic E-state index is 12.8. The summed E-state index contributed by atoms with van der Waals surface area (Å²) in [6.07, 6.45) is 0. The van der Waals surface area contributed by atoms with Gasteiger partial charge >= 0.3 is 0 Å². The molecular formula is C20H19ClN2O4S3. The van der Waals surface area contributed by atoms with Gasteiger partial charge in [-0.2, -0.15) is 4.31 Å². The maximum absolute atomic E-state index is 12.8. The van der Waals surface area contributed by atoms with Crippen LogP contribution in [-0.4, -0.2) is 49.7 Å². The molecule has 6 nitrogen and oxygen atoms in total. The van der Waals surface area contributed by atoms with Gasteiger partial charge in [0.1, 0.15) is 16.6 Å². The average Bonchev–Trinajstić information content (AvgIpc) is 3.46. The van der Waals surface area contributed by atoms with Gasteiger partial charge < -0.3 is 9.64 Å². The van der Waals surface area contributed by atoms with Gasteiger partial charge in [0, 0.05) is 36.8 Å². The number of piperazine rings is 1. The Kier molecular flexibility index (Phi) is 6.45. The van der Waals surface area contributed by atoms with Crippen LogP contribution in [0.2, 0.25) is 5.02 Å². The van der Waals surface area contributed by atoms with E-state index in [0.29, 0.717) is 52.6 Å². The van der Waals surface area contributed by atoms with E-state index in [2.05, 4.69) is 0 Å². The van der Waals surface area contributed by atoms with E-state index in [0.717, 1.165) is 5.56 Å². The number of hydrogen-bond donors (Lipinski definition) is 0. The first-order valence-electron chi connectivity index (χ1n) is 9.22. The number of halogens is 1. The monoisotopic (exact) mass is 482 g/mol. The summed E-state index contributed by atoms with van der Waals surface area (Å²) in [5.41, 5.74) is 0.914. The molecule has 2 aromatic heterocycles. The third-order valence-corrected chi connectivity index (χ3v) is 9.19. The molecule has 158 valence electrons. The normalized spacial score (nSPS) is 15.3. The van der Waals surface area contributed by atoms with Crippen molar-refractivity contribution in [1.29, 1.82) is 0 Å². The molecule has 0 aliphatic carbocycles. The molecule has 0 atom stereocenters. The molecular weight excluding hydrogens is 464 g/mol. The van der Waals surface area contributed by atoms with E-state index in [-0.39, 0.29) is 5.91 Å². The Bertz CT molecular complexity index is 1100. The molecule has 1 aromatic carbocycles. The molecule has 0 bridgehead atoms. The molecule has 0 radical (unpaired) electrons. The highest BCUT2D eigenvalue weighted by Gasteiger charge is 2.31. The molecule has 1 amide bonds. The number of thiophene rings is 2. The van der Waals surface area contributed by atoms with Gasteiger partial charge in [0.15, 0.2) is 0 Å². The minimum absolute atomic E-state index is 0.0779. The molecule has 4 rings (SSSR count). The predicted octanol–water partition coefficient (Wildman–Crippen LogP) is 4.19. The smallest absolute Gasteiger partial charge is 0.264 e. The number of amides is 1. The summed E-state index contributed by atoms with van der Waals surface area (Å²) in [4.78, 5) is 15.2. The number of sulfonamides is 1. The largest absolute Gasteiger partial charge is 0.489 e. The Balaban J connectivity index is 1.33. The second-order valence-electron chi connectivity index (χ2n) is 6.69. The van der Waals surface area contributed by atoms with Gasteiger partial charge in [0.2, 0.25) is 0 Å². The van der Waals surface area contributed by atoms with Crippen molar-refractivity contribution in [1.82, 2.24) is 9.21 Å². The lowest BCUT2D eigenvalue weighted by Gasteiger charge is -2.33. The van der Waals surface area contributed by atoms with Crippen LogP contribution in [0.15, 0.2) is 57.4 Å². The van der Waals surface area contributed by atoms with Gasteiger partial charge in [-0.25, -0.2) is 8.42 Å². The highest BCUT2D eigenvalue weighted by Crippen LogP contribution is 2.24. The van der Waals surface area contributed by atoms with E-state index >= 15 is 0 Å². The van der Waals surface area contributed by atoms with Crippen LogP contribution < -0.4 is 4.74 Å². The lowest BCUT2D eigenvalue weighted by molar-refractivity contribution is 0.0703. The number of rotatable bonds is 6. The van der Waals surface area contributed by atoms with Gasteiger partial charge in [0.05, 0.1) is 4.88 Å². The zero-order valence-electron chi connectivity index (χ0n) is 15.9. The van der Waals surface area contributed by atoms with Crippen LogP contribution >= 0.6 is 34.3 Å². The quantitative estimate of drug-likeness (QED) is 0.528. The molecule has 1 aliphatic heterocycles. The van der Waals surface area contributed by atoms with Crippen LogP contribution in [0.25, 0.3) is 0 Å². The summed E-state index contributed by atoms with van der Waals surface area (Å²) in [5, 5.41) is 4.30. The number of hydrogen-bond acceptors (Lipinski definition) is 6. The van der Waals surface area contributed by atoms with E-state index in [1.165, 1.54) is 27.0 Å². The SMILES string of the molecule is O=C(c1cc(COc2ccc(Cl)cc2)cs1)N1CCN(S(=O)(=O)c2cccs2)CC1. The standard InChI is InChI=1S/C20H19ClN2O4S3/c21-16-3-5-17(6-4-16)27-13-15-12-18(29-14-15)20(24)22-7-9-23(10-8-22)30(25,26)19-2-1-11-28-19/h1-6,11-12,14H,7-10,13H2. The van der Waals surface area contributed by atoms with Crippen LogP contribution in [-0.2, 0) is 16.6 Å². The zero-order valence-corrected chi connectivity index (χ0v) is 19.1. The van der Waals surface area contributed by atoms with Gasteiger partial charge in [-0.3, -0.25) is 4.79 Å². The molecule has 0 spiro atoms. The predicted molar refractivity (Wildman–Crippen MR) is 119 cm³/mol. The van der Waals surface area contributed by atoms with Crippen molar-refractivity contribution in [2.24, 2.45) is 0 Å². The van der Waals surface area contributed by atoms with Crippen molar-refractivity contribution in [2.75, 3.05) is 26.2 Å². The number of carbonyl (C=O) groups is 1. The first-order valence-corrected chi connectivity index (χ1v) is 12.8. The Hall–Kier alpha value is -1.91. The van der Waals surface area contributed by atoms with E-state index < -0.39 is 10.0 Å². The van der Waals surface area contributed by atoms with Gasteiger partial charge in [0.25, 0.3) is 15.9 Å². The highest BCUT2D eigenvalue weighted by molar-refractivity contribution is 7.91. The second kappa shape index (κ2) is 9.07.